The fraction of sp³-hybridized carbons (Fsp3) is 0.462. The number of nitrogens with zero attached hydrogens (tertiary/aromatic N) is 4. The Labute approximate surface area is 212 Å². The van der Waals surface area contributed by atoms with Gasteiger partial charge in [0.25, 0.3) is 5.91 Å². The first-order valence-corrected chi connectivity index (χ1v) is 14.3. The minimum atomic E-state index is -3.56. The van der Waals surface area contributed by atoms with Gasteiger partial charge in [-0.2, -0.15) is 4.31 Å². The third-order valence-electron chi connectivity index (χ3n) is 6.55. The highest BCUT2D eigenvalue weighted by atomic mass is 32.2. The number of aryl methyl sites for hydroxylation is 2. The maximum atomic E-state index is 13.6. The molecule has 1 aliphatic heterocycles. The molecule has 188 valence electrons. The SMILES string of the molecule is Cc1cc(C)c2nc(N(CCN(C)C)C(=O)c3ccc(S(=O)(=O)N4CCC(C)CC4)cc3)sc2c1. The zero-order valence-corrected chi connectivity index (χ0v) is 22.7. The molecule has 0 unspecified atom stereocenters. The lowest BCUT2D eigenvalue weighted by Gasteiger charge is -2.29. The molecule has 0 aliphatic carbocycles. The van der Waals surface area contributed by atoms with E-state index < -0.39 is 10.0 Å². The highest BCUT2D eigenvalue weighted by molar-refractivity contribution is 7.89. The van der Waals surface area contributed by atoms with Crippen LogP contribution in [0.1, 0.15) is 41.3 Å². The second-order valence-corrected chi connectivity index (χ2v) is 12.7. The molecule has 1 amide bonds. The van der Waals surface area contributed by atoms with E-state index in [-0.39, 0.29) is 10.8 Å². The van der Waals surface area contributed by atoms with Gasteiger partial charge in [-0.3, -0.25) is 9.69 Å². The minimum Gasteiger partial charge on any atom is -0.308 e. The summed E-state index contributed by atoms with van der Waals surface area (Å²) in [6, 6.07) is 10.5. The molecule has 1 aromatic heterocycles. The van der Waals surface area contributed by atoms with Crippen molar-refractivity contribution >= 4 is 42.6 Å². The summed E-state index contributed by atoms with van der Waals surface area (Å²) in [4.78, 5) is 22.4. The van der Waals surface area contributed by atoms with Crippen LogP contribution >= 0.6 is 11.3 Å². The van der Waals surface area contributed by atoms with Crippen LogP contribution < -0.4 is 4.90 Å². The number of sulfonamides is 1. The number of fused-ring (bicyclic) bond motifs is 1. The van der Waals surface area contributed by atoms with Gasteiger partial charge in [0.05, 0.1) is 15.1 Å². The van der Waals surface area contributed by atoms with Crippen LogP contribution in [0, 0.1) is 19.8 Å². The summed E-state index contributed by atoms with van der Waals surface area (Å²) in [6.07, 6.45) is 1.75. The number of aromatic nitrogens is 1. The van der Waals surface area contributed by atoms with E-state index >= 15 is 0 Å². The van der Waals surface area contributed by atoms with Crippen molar-refractivity contribution in [2.45, 2.75) is 38.5 Å². The fourth-order valence-electron chi connectivity index (χ4n) is 4.36. The predicted octanol–water partition coefficient (Wildman–Crippen LogP) is 4.54. The first-order valence-electron chi connectivity index (χ1n) is 12.0. The van der Waals surface area contributed by atoms with Gasteiger partial charge in [-0.25, -0.2) is 13.4 Å². The topological polar surface area (TPSA) is 73.8 Å². The smallest absolute Gasteiger partial charge is 0.260 e. The number of hydrogen-bond donors (Lipinski definition) is 0. The van der Waals surface area contributed by atoms with E-state index in [9.17, 15) is 13.2 Å². The van der Waals surface area contributed by atoms with Crippen LogP contribution in [0.15, 0.2) is 41.3 Å². The average molecular weight is 515 g/mol. The van der Waals surface area contributed by atoms with E-state index in [4.69, 9.17) is 4.98 Å². The molecular weight excluding hydrogens is 480 g/mol. The van der Waals surface area contributed by atoms with E-state index in [0.29, 0.717) is 42.8 Å². The zero-order chi connectivity index (χ0) is 25.3. The van der Waals surface area contributed by atoms with Gasteiger partial charge in [0.2, 0.25) is 10.0 Å². The number of piperidine rings is 1. The third kappa shape index (κ3) is 5.58. The molecule has 1 saturated heterocycles. The number of amides is 1. The number of carbonyl (C=O) groups is 1. The van der Waals surface area contributed by atoms with Gasteiger partial charge in [0, 0.05) is 31.7 Å². The van der Waals surface area contributed by atoms with Gasteiger partial charge in [0.15, 0.2) is 5.13 Å². The summed E-state index contributed by atoms with van der Waals surface area (Å²) >= 11 is 1.51. The Morgan fingerprint density at radius 2 is 1.74 bits per heavy atom. The van der Waals surface area contributed by atoms with Gasteiger partial charge in [0.1, 0.15) is 0 Å². The Morgan fingerprint density at radius 1 is 1.09 bits per heavy atom. The summed E-state index contributed by atoms with van der Waals surface area (Å²) in [6.45, 7) is 8.49. The molecule has 0 N–H and O–H groups in total. The molecule has 2 heterocycles. The lowest BCUT2D eigenvalue weighted by atomic mass is 10.0. The van der Waals surface area contributed by atoms with E-state index in [1.807, 2.05) is 25.9 Å². The monoisotopic (exact) mass is 514 g/mol. The fourth-order valence-corrected chi connectivity index (χ4v) is 6.99. The number of thiazole rings is 1. The maximum absolute atomic E-state index is 13.6. The van der Waals surface area contributed by atoms with Gasteiger partial charge in [-0.15, -0.1) is 0 Å². The van der Waals surface area contributed by atoms with Crippen LogP contribution in [0.3, 0.4) is 0 Å². The highest BCUT2D eigenvalue weighted by Gasteiger charge is 2.29. The Hall–Kier alpha value is -2.33. The Balaban J connectivity index is 1.62. The molecule has 0 saturated carbocycles. The molecule has 3 aromatic rings. The zero-order valence-electron chi connectivity index (χ0n) is 21.1. The van der Waals surface area contributed by atoms with E-state index in [0.717, 1.165) is 34.2 Å². The number of anilines is 1. The summed E-state index contributed by atoms with van der Waals surface area (Å²) in [5.74, 6) is 0.362. The Morgan fingerprint density at radius 3 is 2.37 bits per heavy atom. The number of hydrogen-bond acceptors (Lipinski definition) is 6. The van der Waals surface area contributed by atoms with Crippen LogP contribution in [0.25, 0.3) is 10.2 Å². The van der Waals surface area contributed by atoms with Crippen LogP contribution in [0.5, 0.6) is 0 Å². The van der Waals surface area contributed by atoms with Gasteiger partial charge >= 0.3 is 0 Å². The van der Waals surface area contributed by atoms with Gasteiger partial charge in [-0.1, -0.05) is 24.3 Å². The summed E-state index contributed by atoms with van der Waals surface area (Å²) < 4.78 is 28.8. The summed E-state index contributed by atoms with van der Waals surface area (Å²) in [5, 5.41) is 0.652. The molecule has 0 atom stereocenters. The van der Waals surface area contributed by atoms with E-state index in [1.165, 1.54) is 11.3 Å². The molecule has 4 rings (SSSR count). The second kappa shape index (κ2) is 10.3. The Kier molecular flexibility index (Phi) is 7.61. The van der Waals surface area contributed by atoms with Crippen LogP contribution in [0.4, 0.5) is 5.13 Å². The van der Waals surface area contributed by atoms with Gasteiger partial charge in [-0.05, 0) is 88.2 Å². The van der Waals surface area contributed by atoms with Crippen LogP contribution in [-0.2, 0) is 10.0 Å². The molecule has 7 nitrogen and oxygen atoms in total. The van der Waals surface area contributed by atoms with Crippen LogP contribution in [-0.4, -0.2) is 68.8 Å². The van der Waals surface area contributed by atoms with Gasteiger partial charge < -0.3 is 4.90 Å². The highest BCUT2D eigenvalue weighted by Crippen LogP contribution is 2.32. The molecule has 9 heteroatoms. The molecule has 0 spiro atoms. The summed E-state index contributed by atoms with van der Waals surface area (Å²) in [5.41, 5.74) is 3.61. The van der Waals surface area contributed by atoms with Crippen LogP contribution in [0.2, 0.25) is 0 Å². The number of carbonyl (C=O) groups excluding carboxylic acids is 1. The molecule has 35 heavy (non-hydrogen) atoms. The largest absolute Gasteiger partial charge is 0.308 e. The van der Waals surface area contributed by atoms with Crippen molar-refractivity contribution in [3.8, 4) is 0 Å². The first kappa shape index (κ1) is 25.8. The maximum Gasteiger partial charge on any atom is 0.260 e. The Bertz CT molecular complexity index is 1310. The molecule has 1 fully saturated rings. The molecular formula is C26H34N4O3S2. The number of benzene rings is 2. The van der Waals surface area contributed by atoms with Crippen molar-refractivity contribution in [3.05, 3.63) is 53.1 Å². The third-order valence-corrected chi connectivity index (χ3v) is 9.49. The summed E-state index contributed by atoms with van der Waals surface area (Å²) in [7, 11) is 0.379. The first-order chi connectivity index (χ1) is 16.6. The predicted molar refractivity (Wildman–Crippen MR) is 143 cm³/mol. The molecule has 0 bridgehead atoms. The quantitative estimate of drug-likeness (QED) is 0.463. The minimum absolute atomic E-state index is 0.184. The lowest BCUT2D eigenvalue weighted by Crippen LogP contribution is -2.38. The van der Waals surface area contributed by atoms with Crippen molar-refractivity contribution in [3.63, 3.8) is 0 Å². The standard InChI is InChI=1S/C26H34N4O3S2/c1-18-10-12-29(13-11-18)35(32,33)22-8-6-21(7-9-22)25(31)30(15-14-28(4)5)26-27-24-20(3)16-19(2)17-23(24)34-26/h6-9,16-18H,10-15H2,1-5H3. The number of likely N-dealkylation sites (N-methyl/N-ethyl adjacent to an activating group) is 1. The van der Waals surface area contributed by atoms with Crippen molar-refractivity contribution in [2.24, 2.45) is 5.92 Å². The molecule has 1 aliphatic rings. The van der Waals surface area contributed by atoms with Crippen molar-refractivity contribution in [2.75, 3.05) is 45.2 Å². The second-order valence-electron chi connectivity index (χ2n) is 9.80. The number of rotatable bonds is 7. The lowest BCUT2D eigenvalue weighted by molar-refractivity contribution is 0.0985. The molecule has 2 aromatic carbocycles. The molecule has 0 radical (unpaired) electrons. The van der Waals surface area contributed by atoms with E-state index in [2.05, 4.69) is 26.0 Å². The van der Waals surface area contributed by atoms with E-state index in [1.54, 1.807) is 33.5 Å². The van der Waals surface area contributed by atoms with Crippen molar-refractivity contribution in [1.82, 2.24) is 14.2 Å². The van der Waals surface area contributed by atoms with Crippen molar-refractivity contribution in [1.29, 1.82) is 0 Å². The van der Waals surface area contributed by atoms with Crippen molar-refractivity contribution < 1.29 is 13.2 Å². The average Bonchev–Trinajstić information content (AvgIpc) is 3.23. The normalized spacial score (nSPS) is 15.7.